The van der Waals surface area contributed by atoms with Gasteiger partial charge in [0.05, 0.1) is 11.0 Å². The van der Waals surface area contributed by atoms with Crippen LogP contribution >= 0.6 is 15.9 Å². The van der Waals surface area contributed by atoms with Crippen molar-refractivity contribution in [3.05, 3.63) is 58.8 Å². The van der Waals surface area contributed by atoms with Gasteiger partial charge in [-0.15, -0.1) is 0 Å². The molecule has 0 bridgehead atoms. The molecule has 0 saturated heterocycles. The summed E-state index contributed by atoms with van der Waals surface area (Å²) in [5, 5.41) is 8.89. The Morgan fingerprint density at radius 2 is 2.10 bits per heavy atom. The van der Waals surface area contributed by atoms with Crippen molar-refractivity contribution in [1.82, 2.24) is 9.55 Å². The Kier molecular flexibility index (Phi) is 3.38. The number of halogens is 1. The summed E-state index contributed by atoms with van der Waals surface area (Å²) < 4.78 is 2.94. The first-order chi connectivity index (χ1) is 9.69. The second kappa shape index (κ2) is 5.19. The molecule has 0 saturated carbocycles. The number of hydrogen-bond acceptors (Lipinski definition) is 3. The van der Waals surface area contributed by atoms with E-state index >= 15 is 0 Å². The molecule has 0 amide bonds. The summed E-state index contributed by atoms with van der Waals surface area (Å²) in [7, 11) is 0. The van der Waals surface area contributed by atoms with Crippen molar-refractivity contribution in [3.63, 3.8) is 0 Å². The Bertz CT molecular complexity index is 795. The summed E-state index contributed by atoms with van der Waals surface area (Å²) in [5.41, 5.74) is 3.10. The molecular formula is C15H11BrN2O2. The van der Waals surface area contributed by atoms with Crippen molar-refractivity contribution in [2.24, 2.45) is 0 Å². The lowest BCUT2D eigenvalue weighted by Gasteiger charge is -2.05. The van der Waals surface area contributed by atoms with Crippen LogP contribution in [-0.4, -0.2) is 27.0 Å². The fourth-order valence-corrected chi connectivity index (χ4v) is 2.50. The maximum atomic E-state index is 11.5. The van der Waals surface area contributed by atoms with Gasteiger partial charge in [0.1, 0.15) is 12.9 Å². The second-order valence-corrected chi connectivity index (χ2v) is 5.29. The lowest BCUT2D eigenvalue weighted by atomic mass is 10.1. The number of rotatable bonds is 3. The molecule has 3 rings (SSSR count). The van der Waals surface area contributed by atoms with Gasteiger partial charge in [-0.1, -0.05) is 22.0 Å². The van der Waals surface area contributed by atoms with Gasteiger partial charge in [-0.2, -0.15) is 0 Å². The van der Waals surface area contributed by atoms with E-state index in [-0.39, 0.29) is 5.78 Å². The van der Waals surface area contributed by atoms with E-state index in [9.17, 15) is 4.79 Å². The van der Waals surface area contributed by atoms with Crippen LogP contribution in [0.25, 0.3) is 16.7 Å². The van der Waals surface area contributed by atoms with Crippen LogP contribution in [0, 0.1) is 0 Å². The van der Waals surface area contributed by atoms with Crippen LogP contribution in [0.3, 0.4) is 0 Å². The van der Waals surface area contributed by atoms with Crippen molar-refractivity contribution in [2.75, 3.05) is 6.61 Å². The molecular weight excluding hydrogens is 320 g/mol. The number of Topliss-reactive ketones (excluding diaryl/α,β-unsaturated/α-hetero) is 1. The molecule has 1 aromatic heterocycles. The van der Waals surface area contributed by atoms with E-state index in [1.165, 1.54) is 0 Å². The van der Waals surface area contributed by atoms with Gasteiger partial charge in [0.2, 0.25) is 0 Å². The second-order valence-electron chi connectivity index (χ2n) is 4.38. The lowest BCUT2D eigenvalue weighted by molar-refractivity contribution is 0.0904. The summed E-state index contributed by atoms with van der Waals surface area (Å²) in [6.07, 6.45) is 1.72. The first-order valence-corrected chi connectivity index (χ1v) is 6.85. The monoisotopic (exact) mass is 330 g/mol. The molecule has 0 aliphatic carbocycles. The zero-order chi connectivity index (χ0) is 14.1. The summed E-state index contributed by atoms with van der Waals surface area (Å²) in [6.45, 7) is -0.488. The molecule has 0 atom stereocenters. The van der Waals surface area contributed by atoms with Gasteiger partial charge < -0.3 is 5.11 Å². The van der Waals surface area contributed by atoms with Crippen LogP contribution in [0.2, 0.25) is 0 Å². The van der Waals surface area contributed by atoms with Crippen molar-refractivity contribution in [2.45, 2.75) is 0 Å². The molecule has 0 spiro atoms. The molecule has 4 nitrogen and oxygen atoms in total. The van der Waals surface area contributed by atoms with Gasteiger partial charge in [-0.05, 0) is 36.4 Å². The quantitative estimate of drug-likeness (QED) is 0.751. The zero-order valence-corrected chi connectivity index (χ0v) is 12.0. The fourth-order valence-electron chi connectivity index (χ4n) is 2.11. The molecule has 0 unspecified atom stereocenters. The predicted molar refractivity (Wildman–Crippen MR) is 80.2 cm³/mol. The summed E-state index contributed by atoms with van der Waals surface area (Å²) in [6, 6.07) is 13.1. The molecule has 20 heavy (non-hydrogen) atoms. The van der Waals surface area contributed by atoms with E-state index in [2.05, 4.69) is 20.9 Å². The number of aliphatic hydroxyl groups excluding tert-OH is 1. The van der Waals surface area contributed by atoms with Crippen LogP contribution in [0.5, 0.6) is 0 Å². The molecule has 2 aromatic carbocycles. The highest BCUT2D eigenvalue weighted by Crippen LogP contribution is 2.21. The molecule has 0 radical (unpaired) electrons. The van der Waals surface area contributed by atoms with E-state index < -0.39 is 6.61 Å². The number of aromatic nitrogens is 2. The van der Waals surface area contributed by atoms with E-state index in [4.69, 9.17) is 5.11 Å². The van der Waals surface area contributed by atoms with Gasteiger partial charge in [0.15, 0.2) is 5.78 Å². The molecule has 3 aromatic rings. The topological polar surface area (TPSA) is 55.1 Å². The molecule has 1 N–H and O–H groups in total. The van der Waals surface area contributed by atoms with Gasteiger partial charge >= 0.3 is 0 Å². The molecule has 1 heterocycles. The van der Waals surface area contributed by atoms with Gasteiger partial charge in [-0.3, -0.25) is 9.36 Å². The number of hydrogen-bond donors (Lipinski definition) is 1. The number of nitrogens with zero attached hydrogens (tertiary/aromatic N) is 2. The molecule has 5 heteroatoms. The summed E-state index contributed by atoms with van der Waals surface area (Å²) in [4.78, 5) is 15.8. The van der Waals surface area contributed by atoms with Gasteiger partial charge in [0, 0.05) is 15.7 Å². The zero-order valence-electron chi connectivity index (χ0n) is 10.5. The van der Waals surface area contributed by atoms with Crippen LogP contribution in [0.1, 0.15) is 10.4 Å². The Labute approximate surface area is 123 Å². The standard InChI is InChI=1S/C15H11BrN2O2/c16-11-2-1-3-12(7-11)18-9-17-13-6-10(15(20)8-19)4-5-14(13)18/h1-7,9,19H,8H2. The van der Waals surface area contributed by atoms with Crippen molar-refractivity contribution in [1.29, 1.82) is 0 Å². The number of carbonyl (C=O) groups excluding carboxylic acids is 1. The number of aliphatic hydroxyl groups is 1. The third kappa shape index (κ3) is 2.26. The third-order valence-corrected chi connectivity index (χ3v) is 3.59. The lowest BCUT2D eigenvalue weighted by Crippen LogP contribution is -2.03. The Balaban J connectivity index is 2.13. The van der Waals surface area contributed by atoms with Crippen LogP contribution in [-0.2, 0) is 0 Å². The molecule has 0 aliphatic rings. The normalized spacial score (nSPS) is 10.9. The highest BCUT2D eigenvalue weighted by Gasteiger charge is 2.09. The fraction of sp³-hybridized carbons (Fsp3) is 0.0667. The highest BCUT2D eigenvalue weighted by molar-refractivity contribution is 9.10. The number of imidazole rings is 1. The Morgan fingerprint density at radius 1 is 1.25 bits per heavy atom. The van der Waals surface area contributed by atoms with Crippen molar-refractivity contribution < 1.29 is 9.90 Å². The Morgan fingerprint density at radius 3 is 2.85 bits per heavy atom. The number of benzene rings is 2. The average Bonchev–Trinajstić information content (AvgIpc) is 2.89. The van der Waals surface area contributed by atoms with E-state index in [0.717, 1.165) is 21.2 Å². The maximum Gasteiger partial charge on any atom is 0.188 e. The van der Waals surface area contributed by atoms with Crippen LogP contribution in [0.15, 0.2) is 53.3 Å². The predicted octanol–water partition coefficient (Wildman–Crippen LogP) is 2.96. The third-order valence-electron chi connectivity index (χ3n) is 3.10. The number of fused-ring (bicyclic) bond motifs is 1. The number of carbonyl (C=O) groups is 1. The van der Waals surface area contributed by atoms with Crippen molar-refractivity contribution in [3.8, 4) is 5.69 Å². The van der Waals surface area contributed by atoms with E-state index in [0.29, 0.717) is 5.56 Å². The summed E-state index contributed by atoms with van der Waals surface area (Å²) >= 11 is 3.45. The molecule has 0 fully saturated rings. The smallest absolute Gasteiger partial charge is 0.188 e. The van der Waals surface area contributed by atoms with E-state index in [1.807, 2.05) is 34.9 Å². The van der Waals surface area contributed by atoms with Crippen LogP contribution in [0.4, 0.5) is 0 Å². The molecule has 100 valence electrons. The first kappa shape index (κ1) is 13.0. The maximum absolute atomic E-state index is 11.5. The Hall–Kier alpha value is -1.98. The largest absolute Gasteiger partial charge is 0.388 e. The van der Waals surface area contributed by atoms with Crippen molar-refractivity contribution >= 4 is 32.7 Å². The highest BCUT2D eigenvalue weighted by atomic mass is 79.9. The van der Waals surface area contributed by atoms with E-state index in [1.54, 1.807) is 18.5 Å². The van der Waals surface area contributed by atoms with Crippen LogP contribution < -0.4 is 0 Å². The summed E-state index contributed by atoms with van der Waals surface area (Å²) in [5.74, 6) is -0.302. The minimum atomic E-state index is -0.488. The number of ketones is 1. The van der Waals surface area contributed by atoms with Gasteiger partial charge in [-0.25, -0.2) is 4.98 Å². The van der Waals surface area contributed by atoms with Gasteiger partial charge in [0.25, 0.3) is 0 Å². The first-order valence-electron chi connectivity index (χ1n) is 6.06. The SMILES string of the molecule is O=C(CO)c1ccc2c(c1)ncn2-c1cccc(Br)c1. The minimum Gasteiger partial charge on any atom is -0.388 e. The molecule has 0 aliphatic heterocycles. The minimum absolute atomic E-state index is 0.302. The average molecular weight is 331 g/mol.